The van der Waals surface area contributed by atoms with Crippen molar-refractivity contribution in [2.45, 2.75) is 34.6 Å². The Morgan fingerprint density at radius 1 is 1.22 bits per heavy atom. The molecule has 1 aromatic rings. The lowest BCUT2D eigenvalue weighted by Crippen LogP contribution is -2.34. The highest BCUT2D eigenvalue weighted by Crippen LogP contribution is 2.19. The number of carbonyl (C=O) groups is 1. The standard InChI is InChI=1S/C15H24N2O/c1-10(2)14(11(3)4)9-17-15(18)13-7-6-12(5)16-8-13/h6-8,10-11,14H,9H2,1-5H3,(H,17,18). The maximum absolute atomic E-state index is 12.0. The highest BCUT2D eigenvalue weighted by atomic mass is 16.1. The molecule has 1 aromatic heterocycles. The summed E-state index contributed by atoms with van der Waals surface area (Å²) in [5.74, 6) is 1.61. The number of pyridine rings is 1. The fourth-order valence-corrected chi connectivity index (χ4v) is 2.16. The molecular formula is C15H24N2O. The van der Waals surface area contributed by atoms with Crippen molar-refractivity contribution in [2.75, 3.05) is 6.54 Å². The van der Waals surface area contributed by atoms with Crippen molar-refractivity contribution in [1.29, 1.82) is 0 Å². The first-order valence-corrected chi connectivity index (χ1v) is 6.62. The molecule has 0 unspecified atom stereocenters. The normalized spacial score (nSPS) is 11.3. The average Bonchev–Trinajstić information content (AvgIpc) is 2.28. The van der Waals surface area contributed by atoms with Gasteiger partial charge in [-0.25, -0.2) is 0 Å². The maximum atomic E-state index is 12.0. The van der Waals surface area contributed by atoms with Crippen molar-refractivity contribution in [3.05, 3.63) is 29.6 Å². The summed E-state index contributed by atoms with van der Waals surface area (Å²) in [5.41, 5.74) is 1.56. The second-order valence-corrected chi connectivity index (χ2v) is 5.55. The summed E-state index contributed by atoms with van der Waals surface area (Å²) in [4.78, 5) is 16.1. The summed E-state index contributed by atoms with van der Waals surface area (Å²) >= 11 is 0. The van der Waals surface area contributed by atoms with Crippen molar-refractivity contribution < 1.29 is 4.79 Å². The van der Waals surface area contributed by atoms with Gasteiger partial charge in [-0.2, -0.15) is 0 Å². The molecule has 0 saturated carbocycles. The van der Waals surface area contributed by atoms with Crippen LogP contribution in [0.5, 0.6) is 0 Å². The minimum atomic E-state index is -0.0335. The highest BCUT2D eigenvalue weighted by Gasteiger charge is 2.18. The van der Waals surface area contributed by atoms with Crippen LogP contribution in [-0.4, -0.2) is 17.4 Å². The number of hydrogen-bond acceptors (Lipinski definition) is 2. The minimum Gasteiger partial charge on any atom is -0.352 e. The molecule has 1 heterocycles. The van der Waals surface area contributed by atoms with Gasteiger partial charge in [-0.15, -0.1) is 0 Å². The maximum Gasteiger partial charge on any atom is 0.252 e. The number of aromatic nitrogens is 1. The summed E-state index contributed by atoms with van der Waals surface area (Å²) in [6, 6.07) is 3.68. The van der Waals surface area contributed by atoms with Crippen LogP contribution < -0.4 is 5.32 Å². The number of rotatable bonds is 5. The van der Waals surface area contributed by atoms with Crippen LogP contribution in [-0.2, 0) is 0 Å². The molecule has 18 heavy (non-hydrogen) atoms. The predicted molar refractivity (Wildman–Crippen MR) is 74.5 cm³/mol. The molecule has 0 aliphatic carbocycles. The van der Waals surface area contributed by atoms with Crippen molar-refractivity contribution in [2.24, 2.45) is 17.8 Å². The summed E-state index contributed by atoms with van der Waals surface area (Å²) in [7, 11) is 0. The second-order valence-electron chi connectivity index (χ2n) is 5.55. The molecule has 0 aliphatic rings. The first-order valence-electron chi connectivity index (χ1n) is 6.62. The molecule has 0 fully saturated rings. The second kappa shape index (κ2) is 6.53. The van der Waals surface area contributed by atoms with Gasteiger partial charge in [0, 0.05) is 18.4 Å². The molecule has 3 nitrogen and oxygen atoms in total. The molecule has 1 rings (SSSR count). The molecule has 0 aliphatic heterocycles. The van der Waals surface area contributed by atoms with Crippen molar-refractivity contribution in [3.63, 3.8) is 0 Å². The lowest BCUT2D eigenvalue weighted by atomic mass is 9.85. The summed E-state index contributed by atoms with van der Waals surface area (Å²) in [6.45, 7) is 11.4. The third-order valence-electron chi connectivity index (χ3n) is 3.38. The van der Waals surface area contributed by atoms with Gasteiger partial charge in [0.1, 0.15) is 0 Å². The molecule has 0 aromatic carbocycles. The van der Waals surface area contributed by atoms with Gasteiger partial charge in [0.25, 0.3) is 5.91 Å². The Morgan fingerprint density at radius 2 is 1.83 bits per heavy atom. The van der Waals surface area contributed by atoms with Gasteiger partial charge < -0.3 is 5.32 Å². The zero-order valence-corrected chi connectivity index (χ0v) is 12.0. The van der Waals surface area contributed by atoms with Crippen LogP contribution in [0, 0.1) is 24.7 Å². The zero-order chi connectivity index (χ0) is 13.7. The van der Waals surface area contributed by atoms with E-state index in [4.69, 9.17) is 0 Å². The van der Waals surface area contributed by atoms with Crippen LogP contribution >= 0.6 is 0 Å². The lowest BCUT2D eigenvalue weighted by Gasteiger charge is -2.25. The van der Waals surface area contributed by atoms with Gasteiger partial charge in [-0.05, 0) is 36.8 Å². The van der Waals surface area contributed by atoms with E-state index >= 15 is 0 Å². The lowest BCUT2D eigenvalue weighted by molar-refractivity contribution is 0.0937. The van der Waals surface area contributed by atoms with Crippen LogP contribution in [0.1, 0.15) is 43.7 Å². The topological polar surface area (TPSA) is 42.0 Å². The smallest absolute Gasteiger partial charge is 0.252 e. The van der Waals surface area contributed by atoms with E-state index in [1.165, 1.54) is 0 Å². The van der Waals surface area contributed by atoms with Gasteiger partial charge in [0.2, 0.25) is 0 Å². The van der Waals surface area contributed by atoms with Crippen LogP contribution in [0.2, 0.25) is 0 Å². The third-order valence-corrected chi connectivity index (χ3v) is 3.38. The monoisotopic (exact) mass is 248 g/mol. The minimum absolute atomic E-state index is 0.0335. The molecule has 100 valence electrons. The Bertz CT molecular complexity index is 374. The Morgan fingerprint density at radius 3 is 2.28 bits per heavy atom. The van der Waals surface area contributed by atoms with E-state index in [1.807, 2.05) is 19.1 Å². The number of aryl methyl sites for hydroxylation is 1. The van der Waals surface area contributed by atoms with Gasteiger partial charge >= 0.3 is 0 Å². The molecule has 0 spiro atoms. The van der Waals surface area contributed by atoms with Crippen LogP contribution in [0.3, 0.4) is 0 Å². The van der Waals surface area contributed by atoms with Gasteiger partial charge in [-0.1, -0.05) is 27.7 Å². The van der Waals surface area contributed by atoms with Gasteiger partial charge in [0.05, 0.1) is 5.56 Å². The Labute approximate surface area is 110 Å². The average molecular weight is 248 g/mol. The van der Waals surface area contributed by atoms with Crippen LogP contribution in [0.4, 0.5) is 0 Å². The fourth-order valence-electron chi connectivity index (χ4n) is 2.16. The Balaban J connectivity index is 2.57. The predicted octanol–water partition coefficient (Wildman–Crippen LogP) is 3.05. The van der Waals surface area contributed by atoms with Crippen molar-refractivity contribution in [3.8, 4) is 0 Å². The molecular weight excluding hydrogens is 224 g/mol. The first kappa shape index (κ1) is 14.7. The van der Waals surface area contributed by atoms with Gasteiger partial charge in [0.15, 0.2) is 0 Å². The molecule has 1 amide bonds. The first-order chi connectivity index (χ1) is 8.41. The summed E-state index contributed by atoms with van der Waals surface area (Å²) < 4.78 is 0. The van der Waals surface area contributed by atoms with Crippen LogP contribution in [0.15, 0.2) is 18.3 Å². The Kier molecular flexibility index (Phi) is 5.32. The van der Waals surface area contributed by atoms with Crippen LogP contribution in [0.25, 0.3) is 0 Å². The number of nitrogens with zero attached hydrogens (tertiary/aromatic N) is 1. The summed E-state index contributed by atoms with van der Waals surface area (Å²) in [6.07, 6.45) is 1.63. The molecule has 0 bridgehead atoms. The third kappa shape index (κ3) is 4.13. The van der Waals surface area contributed by atoms with Crippen molar-refractivity contribution in [1.82, 2.24) is 10.3 Å². The largest absolute Gasteiger partial charge is 0.352 e. The summed E-state index contributed by atoms with van der Waals surface area (Å²) in [5, 5.41) is 3.00. The van der Waals surface area contributed by atoms with E-state index < -0.39 is 0 Å². The zero-order valence-electron chi connectivity index (χ0n) is 12.0. The number of carbonyl (C=O) groups excluding carboxylic acids is 1. The van der Waals surface area contributed by atoms with E-state index in [0.717, 1.165) is 12.2 Å². The molecule has 0 saturated heterocycles. The molecule has 1 N–H and O–H groups in total. The Hall–Kier alpha value is -1.38. The number of amides is 1. The quantitative estimate of drug-likeness (QED) is 0.870. The molecule has 0 atom stereocenters. The number of nitrogens with one attached hydrogen (secondary N) is 1. The van der Waals surface area contributed by atoms with E-state index in [1.54, 1.807) is 6.20 Å². The fraction of sp³-hybridized carbons (Fsp3) is 0.600. The highest BCUT2D eigenvalue weighted by molar-refractivity contribution is 5.93. The number of hydrogen-bond donors (Lipinski definition) is 1. The van der Waals surface area contributed by atoms with E-state index in [-0.39, 0.29) is 5.91 Å². The van der Waals surface area contributed by atoms with E-state index in [0.29, 0.717) is 23.3 Å². The van der Waals surface area contributed by atoms with Gasteiger partial charge in [-0.3, -0.25) is 9.78 Å². The molecule has 3 heteroatoms. The van der Waals surface area contributed by atoms with Crippen molar-refractivity contribution >= 4 is 5.91 Å². The van der Waals surface area contributed by atoms with E-state index in [2.05, 4.69) is 38.0 Å². The SMILES string of the molecule is Cc1ccc(C(=O)NCC(C(C)C)C(C)C)cn1. The molecule has 0 radical (unpaired) electrons. The van der Waals surface area contributed by atoms with E-state index in [9.17, 15) is 4.79 Å².